The summed E-state index contributed by atoms with van der Waals surface area (Å²) in [6.07, 6.45) is 5.77. The summed E-state index contributed by atoms with van der Waals surface area (Å²) in [5.74, 6) is 0.732. The molecule has 0 spiro atoms. The number of guanidine groups is 1. The maximum absolute atomic E-state index is 4.67. The Morgan fingerprint density at radius 1 is 1.17 bits per heavy atom. The molecule has 0 bridgehead atoms. The van der Waals surface area contributed by atoms with Gasteiger partial charge in [0.05, 0.1) is 24.0 Å². The Bertz CT molecular complexity index is 1130. The number of hydrogen-bond acceptors (Lipinski definition) is 3. The minimum absolute atomic E-state index is 0.0834. The van der Waals surface area contributed by atoms with Crippen LogP contribution in [0.1, 0.15) is 29.9 Å². The second-order valence-electron chi connectivity index (χ2n) is 6.97. The lowest BCUT2D eigenvalue weighted by Gasteiger charge is -2.18. The van der Waals surface area contributed by atoms with E-state index in [0.29, 0.717) is 6.54 Å². The van der Waals surface area contributed by atoms with Crippen LogP contribution < -0.4 is 10.6 Å². The summed E-state index contributed by atoms with van der Waals surface area (Å²) in [7, 11) is 1.77. The number of imidazole rings is 1. The van der Waals surface area contributed by atoms with Gasteiger partial charge in [0.15, 0.2) is 5.96 Å². The largest absolute Gasteiger partial charge is 0.351 e. The monoisotopic (exact) mass is 387 g/mol. The summed E-state index contributed by atoms with van der Waals surface area (Å²) in [6, 6.07) is 16.4. The molecule has 0 saturated heterocycles. The van der Waals surface area contributed by atoms with Crippen LogP contribution in [0.25, 0.3) is 11.3 Å². The van der Waals surface area contributed by atoms with Crippen LogP contribution in [-0.2, 0) is 6.54 Å². The molecule has 0 saturated carbocycles. The van der Waals surface area contributed by atoms with Gasteiger partial charge in [-0.05, 0) is 49.7 Å². The average Bonchev–Trinajstić information content (AvgIpc) is 3.41. The number of aromatic nitrogens is 4. The van der Waals surface area contributed by atoms with Gasteiger partial charge in [-0.25, -0.2) is 9.67 Å². The Morgan fingerprint density at radius 2 is 2.03 bits per heavy atom. The molecule has 1 aromatic carbocycles. The lowest BCUT2D eigenvalue weighted by molar-refractivity contribution is 0.682. The van der Waals surface area contributed by atoms with Crippen molar-refractivity contribution in [1.29, 1.82) is 0 Å². The van der Waals surface area contributed by atoms with Crippen molar-refractivity contribution in [2.75, 3.05) is 7.05 Å². The van der Waals surface area contributed by atoms with Crippen LogP contribution >= 0.6 is 0 Å². The van der Waals surface area contributed by atoms with Crippen molar-refractivity contribution < 1.29 is 0 Å². The molecule has 1 unspecified atom stereocenters. The minimum atomic E-state index is 0.0834. The van der Waals surface area contributed by atoms with Gasteiger partial charge in [0.1, 0.15) is 5.65 Å². The smallest absolute Gasteiger partial charge is 0.191 e. The summed E-state index contributed by atoms with van der Waals surface area (Å²) < 4.78 is 3.95. The average molecular weight is 387 g/mol. The number of hydrogen-bond donors (Lipinski definition) is 2. The molecule has 3 aromatic heterocycles. The van der Waals surface area contributed by atoms with Gasteiger partial charge in [-0.1, -0.05) is 18.2 Å². The molecule has 0 fully saturated rings. The predicted octanol–water partition coefficient (Wildman–Crippen LogP) is 3.25. The maximum atomic E-state index is 4.67. The van der Waals surface area contributed by atoms with Crippen LogP contribution in [0.5, 0.6) is 0 Å². The molecule has 7 nitrogen and oxygen atoms in total. The molecule has 0 aliphatic rings. The Labute approximate surface area is 170 Å². The molecule has 29 heavy (non-hydrogen) atoms. The minimum Gasteiger partial charge on any atom is -0.351 e. The zero-order chi connectivity index (χ0) is 20.2. The van der Waals surface area contributed by atoms with Crippen LogP contribution in [0.2, 0.25) is 0 Å². The third-order valence-corrected chi connectivity index (χ3v) is 4.90. The van der Waals surface area contributed by atoms with Gasteiger partial charge in [0.2, 0.25) is 0 Å². The molecule has 0 amide bonds. The Morgan fingerprint density at radius 3 is 2.79 bits per heavy atom. The standard InChI is InChI=1S/C22H25N7/c1-16-7-4-10-21-27-19(15-28(16)21)14-24-22(23-3)26-17(2)18-8-5-9-20(13-18)29-12-6-11-25-29/h4-13,15,17H,14H2,1-3H3,(H2,23,24,26). The topological polar surface area (TPSA) is 71.5 Å². The number of pyridine rings is 1. The number of nitrogens with one attached hydrogen (secondary N) is 2. The van der Waals surface area contributed by atoms with E-state index in [2.05, 4.69) is 68.4 Å². The van der Waals surface area contributed by atoms with E-state index in [-0.39, 0.29) is 6.04 Å². The zero-order valence-electron chi connectivity index (χ0n) is 16.9. The lowest BCUT2D eigenvalue weighted by atomic mass is 10.1. The molecule has 4 rings (SSSR count). The highest BCUT2D eigenvalue weighted by Crippen LogP contribution is 2.16. The van der Waals surface area contributed by atoms with Gasteiger partial charge in [-0.2, -0.15) is 5.10 Å². The first-order valence-electron chi connectivity index (χ1n) is 9.65. The number of nitrogens with zero attached hydrogens (tertiary/aromatic N) is 5. The van der Waals surface area contributed by atoms with E-state index in [1.807, 2.05) is 41.2 Å². The van der Waals surface area contributed by atoms with Gasteiger partial charge in [-0.3, -0.25) is 4.99 Å². The predicted molar refractivity (Wildman–Crippen MR) is 115 cm³/mol. The second kappa shape index (κ2) is 8.18. The van der Waals surface area contributed by atoms with Crippen molar-refractivity contribution in [2.24, 2.45) is 4.99 Å². The molecule has 3 heterocycles. The van der Waals surface area contributed by atoms with Crippen molar-refractivity contribution in [2.45, 2.75) is 26.4 Å². The Balaban J connectivity index is 1.42. The first-order valence-corrected chi connectivity index (χ1v) is 9.65. The van der Waals surface area contributed by atoms with Gasteiger partial charge < -0.3 is 15.0 Å². The van der Waals surface area contributed by atoms with Gasteiger partial charge in [-0.15, -0.1) is 0 Å². The van der Waals surface area contributed by atoms with Gasteiger partial charge >= 0.3 is 0 Å². The van der Waals surface area contributed by atoms with Crippen LogP contribution in [0.15, 0.2) is 72.1 Å². The van der Waals surface area contributed by atoms with Crippen molar-refractivity contribution in [3.63, 3.8) is 0 Å². The molecule has 0 radical (unpaired) electrons. The first-order chi connectivity index (χ1) is 14.1. The molecule has 1 atom stereocenters. The van der Waals surface area contributed by atoms with E-state index in [4.69, 9.17) is 0 Å². The van der Waals surface area contributed by atoms with Crippen LogP contribution in [0, 0.1) is 6.92 Å². The first kappa shape index (κ1) is 18.7. The fraction of sp³-hybridized carbons (Fsp3) is 0.227. The zero-order valence-corrected chi connectivity index (χ0v) is 16.9. The number of benzene rings is 1. The number of rotatable bonds is 5. The third kappa shape index (κ3) is 4.13. The molecule has 0 aliphatic heterocycles. The quantitative estimate of drug-likeness (QED) is 0.407. The summed E-state index contributed by atoms with van der Waals surface area (Å²) in [6.45, 7) is 4.79. The summed E-state index contributed by atoms with van der Waals surface area (Å²) >= 11 is 0. The van der Waals surface area contributed by atoms with E-state index in [1.165, 1.54) is 0 Å². The summed E-state index contributed by atoms with van der Waals surface area (Å²) in [4.78, 5) is 9.02. The van der Waals surface area contributed by atoms with Crippen molar-refractivity contribution in [3.05, 3.63) is 84.1 Å². The normalized spacial score (nSPS) is 12.9. The fourth-order valence-electron chi connectivity index (χ4n) is 3.30. The maximum Gasteiger partial charge on any atom is 0.191 e. The molecule has 148 valence electrons. The lowest BCUT2D eigenvalue weighted by Crippen LogP contribution is -2.38. The highest BCUT2D eigenvalue weighted by molar-refractivity contribution is 5.80. The number of aryl methyl sites for hydroxylation is 1. The highest BCUT2D eigenvalue weighted by atomic mass is 15.3. The SMILES string of the molecule is CN=C(NCc1cn2c(C)cccc2n1)NC(C)c1cccc(-n2cccn2)c1. The number of aliphatic imine (C=N–C) groups is 1. The fourth-order valence-corrected chi connectivity index (χ4v) is 3.30. The van der Waals surface area contributed by atoms with Crippen molar-refractivity contribution in [3.8, 4) is 5.69 Å². The highest BCUT2D eigenvalue weighted by Gasteiger charge is 2.10. The molecular weight excluding hydrogens is 362 g/mol. The van der Waals surface area contributed by atoms with Gasteiger partial charge in [0, 0.05) is 31.3 Å². The van der Waals surface area contributed by atoms with E-state index in [1.54, 1.807) is 13.2 Å². The van der Waals surface area contributed by atoms with Crippen molar-refractivity contribution in [1.82, 2.24) is 29.8 Å². The summed E-state index contributed by atoms with van der Waals surface area (Å²) in [5.41, 5.74) is 5.27. The van der Waals surface area contributed by atoms with Crippen LogP contribution in [0.3, 0.4) is 0 Å². The van der Waals surface area contributed by atoms with E-state index in [9.17, 15) is 0 Å². The van der Waals surface area contributed by atoms with Crippen molar-refractivity contribution >= 4 is 11.6 Å². The Hall–Kier alpha value is -3.61. The number of fused-ring (bicyclic) bond motifs is 1. The second-order valence-corrected chi connectivity index (χ2v) is 6.97. The molecular formula is C22H25N7. The van der Waals surface area contributed by atoms with E-state index < -0.39 is 0 Å². The molecule has 0 aliphatic carbocycles. The van der Waals surface area contributed by atoms with E-state index in [0.717, 1.165) is 34.2 Å². The van der Waals surface area contributed by atoms with Crippen LogP contribution in [-0.4, -0.2) is 32.2 Å². The van der Waals surface area contributed by atoms with Gasteiger partial charge in [0.25, 0.3) is 0 Å². The Kier molecular flexibility index (Phi) is 5.29. The summed E-state index contributed by atoms with van der Waals surface area (Å²) in [5, 5.41) is 11.1. The molecule has 2 N–H and O–H groups in total. The molecule has 4 aromatic rings. The van der Waals surface area contributed by atoms with E-state index >= 15 is 0 Å². The molecule has 7 heteroatoms. The third-order valence-electron chi connectivity index (χ3n) is 4.90. The van der Waals surface area contributed by atoms with Crippen LogP contribution in [0.4, 0.5) is 0 Å².